The summed E-state index contributed by atoms with van der Waals surface area (Å²) < 4.78 is 18.3. The molecule has 1 aromatic carbocycles. The van der Waals surface area contributed by atoms with Crippen molar-refractivity contribution in [3.8, 4) is 5.75 Å². The van der Waals surface area contributed by atoms with Crippen LogP contribution in [-0.4, -0.2) is 19.6 Å². The molecule has 15 heavy (non-hydrogen) atoms. The summed E-state index contributed by atoms with van der Waals surface area (Å²) in [5, 5.41) is 2.51. The number of hydrogen-bond acceptors (Lipinski definition) is 2. The summed E-state index contributed by atoms with van der Waals surface area (Å²) in [6, 6.07) is 2.33. The summed E-state index contributed by atoms with van der Waals surface area (Å²) >= 11 is 8.82. The van der Waals surface area contributed by atoms with Crippen molar-refractivity contribution in [3.05, 3.63) is 27.4 Å². The van der Waals surface area contributed by atoms with E-state index in [1.165, 1.54) is 13.1 Å². The van der Waals surface area contributed by atoms with Crippen molar-refractivity contribution in [2.75, 3.05) is 13.7 Å². The summed E-state index contributed by atoms with van der Waals surface area (Å²) in [4.78, 5) is 10.9. The summed E-state index contributed by atoms with van der Waals surface area (Å²) in [5.74, 6) is -0.511. The van der Waals surface area contributed by atoms with Crippen molar-refractivity contribution in [1.82, 2.24) is 5.32 Å². The van der Waals surface area contributed by atoms with Crippen LogP contribution in [0.5, 0.6) is 5.75 Å². The number of ether oxygens (including phenoxy) is 1. The Kier molecular flexibility index (Phi) is 4.35. The van der Waals surface area contributed by atoms with E-state index < -0.39 is 5.82 Å². The molecule has 1 aromatic rings. The highest BCUT2D eigenvalue weighted by Crippen LogP contribution is 2.33. The third kappa shape index (κ3) is 3.35. The van der Waals surface area contributed by atoms with Crippen LogP contribution in [0.25, 0.3) is 0 Å². The second kappa shape index (κ2) is 5.32. The zero-order valence-corrected chi connectivity index (χ0v) is 10.2. The number of nitrogens with one attached hydrogen (secondary N) is 1. The summed E-state index contributed by atoms with van der Waals surface area (Å²) in [7, 11) is 1.49. The molecule has 0 bridgehead atoms. The molecule has 82 valence electrons. The number of carbonyl (C=O) groups excluding carboxylic acids is 1. The van der Waals surface area contributed by atoms with Gasteiger partial charge in [-0.3, -0.25) is 4.79 Å². The van der Waals surface area contributed by atoms with Gasteiger partial charge in [-0.15, -0.1) is 0 Å². The van der Waals surface area contributed by atoms with Gasteiger partial charge in [0.05, 0.1) is 9.50 Å². The molecule has 3 nitrogen and oxygen atoms in total. The number of benzene rings is 1. The van der Waals surface area contributed by atoms with Crippen molar-refractivity contribution in [1.29, 1.82) is 0 Å². The highest BCUT2D eigenvalue weighted by molar-refractivity contribution is 9.10. The fourth-order valence-electron chi connectivity index (χ4n) is 0.877. The quantitative estimate of drug-likeness (QED) is 0.930. The minimum absolute atomic E-state index is 0.116. The highest BCUT2D eigenvalue weighted by atomic mass is 79.9. The zero-order valence-electron chi connectivity index (χ0n) is 7.81. The molecule has 0 saturated heterocycles. The molecule has 6 heteroatoms. The predicted octanol–water partition coefficient (Wildman–Crippen LogP) is 2.37. The van der Waals surface area contributed by atoms with Gasteiger partial charge in [-0.25, -0.2) is 4.39 Å². The second-order valence-electron chi connectivity index (χ2n) is 2.66. The van der Waals surface area contributed by atoms with Crippen LogP contribution in [-0.2, 0) is 4.79 Å². The van der Waals surface area contributed by atoms with E-state index >= 15 is 0 Å². The number of likely N-dealkylation sites (N-methyl/N-ethyl adjacent to an activating group) is 1. The lowest BCUT2D eigenvalue weighted by Gasteiger charge is -2.09. The lowest BCUT2D eigenvalue weighted by Crippen LogP contribution is -2.25. The van der Waals surface area contributed by atoms with Gasteiger partial charge in [0.15, 0.2) is 12.4 Å². The molecule has 0 radical (unpaired) electrons. The van der Waals surface area contributed by atoms with E-state index in [-0.39, 0.29) is 23.3 Å². The van der Waals surface area contributed by atoms with Gasteiger partial charge < -0.3 is 10.1 Å². The number of hydrogen-bond donors (Lipinski definition) is 1. The lowest BCUT2D eigenvalue weighted by molar-refractivity contribution is -0.122. The summed E-state index contributed by atoms with van der Waals surface area (Å²) in [6.07, 6.45) is 0. The van der Waals surface area contributed by atoms with Crippen molar-refractivity contribution < 1.29 is 13.9 Å². The number of halogens is 3. The van der Waals surface area contributed by atoms with Crippen molar-refractivity contribution in [2.45, 2.75) is 0 Å². The second-order valence-corrected chi connectivity index (χ2v) is 3.92. The Labute approximate surface area is 99.7 Å². The van der Waals surface area contributed by atoms with Crippen LogP contribution < -0.4 is 10.1 Å². The van der Waals surface area contributed by atoms with Crippen molar-refractivity contribution in [2.24, 2.45) is 0 Å². The Morgan fingerprint density at radius 2 is 2.33 bits per heavy atom. The van der Waals surface area contributed by atoms with Gasteiger partial charge in [-0.1, -0.05) is 11.6 Å². The van der Waals surface area contributed by atoms with Gasteiger partial charge in [-0.05, 0) is 28.1 Å². The van der Waals surface area contributed by atoms with Crippen LogP contribution in [0.4, 0.5) is 4.39 Å². The Morgan fingerprint density at radius 3 is 2.87 bits per heavy atom. The molecule has 0 spiro atoms. The number of amides is 1. The molecule has 1 N–H and O–H groups in total. The maximum atomic E-state index is 12.8. The molecule has 1 amide bonds. The smallest absolute Gasteiger partial charge is 0.257 e. The first kappa shape index (κ1) is 12.3. The van der Waals surface area contributed by atoms with E-state index in [1.54, 1.807) is 0 Å². The topological polar surface area (TPSA) is 38.3 Å². The van der Waals surface area contributed by atoms with Crippen LogP contribution in [0, 0.1) is 5.82 Å². The van der Waals surface area contributed by atoms with Crippen LogP contribution in [0.15, 0.2) is 16.6 Å². The molecule has 0 saturated carbocycles. The molecule has 0 atom stereocenters. The van der Waals surface area contributed by atoms with E-state index in [0.717, 1.165) is 6.07 Å². The minimum Gasteiger partial charge on any atom is -0.481 e. The Morgan fingerprint density at radius 1 is 1.67 bits per heavy atom. The van der Waals surface area contributed by atoms with E-state index in [4.69, 9.17) is 16.3 Å². The van der Waals surface area contributed by atoms with Gasteiger partial charge in [-0.2, -0.15) is 0 Å². The average molecular weight is 297 g/mol. The molecule has 1 rings (SSSR count). The number of rotatable bonds is 3. The Bertz CT molecular complexity index is 363. The first-order chi connectivity index (χ1) is 7.04. The fourth-order valence-corrected chi connectivity index (χ4v) is 1.80. The predicted molar refractivity (Wildman–Crippen MR) is 58.7 cm³/mol. The largest absolute Gasteiger partial charge is 0.481 e. The first-order valence-electron chi connectivity index (χ1n) is 4.02. The Balaban J connectivity index is 2.81. The van der Waals surface area contributed by atoms with Crippen LogP contribution in [0.2, 0.25) is 5.02 Å². The summed E-state index contributed by atoms with van der Waals surface area (Å²) in [6.45, 7) is -0.166. The highest BCUT2D eigenvalue weighted by Gasteiger charge is 2.10. The van der Waals surface area contributed by atoms with Crippen LogP contribution in [0.1, 0.15) is 0 Å². The van der Waals surface area contributed by atoms with Gasteiger partial charge >= 0.3 is 0 Å². The standard InChI is InChI=1S/C9H8BrClFNO2/c1-13-8(14)4-15-9-6(10)2-5(12)3-7(9)11/h2-3H,4H2,1H3,(H,13,14). The SMILES string of the molecule is CNC(=O)COc1c(Cl)cc(F)cc1Br. The molecule has 0 heterocycles. The van der Waals surface area contributed by atoms with Crippen molar-refractivity contribution >= 4 is 33.4 Å². The molecule has 0 aliphatic heterocycles. The zero-order chi connectivity index (χ0) is 11.4. The minimum atomic E-state index is -0.473. The maximum Gasteiger partial charge on any atom is 0.257 e. The van der Waals surface area contributed by atoms with Gasteiger partial charge in [0.2, 0.25) is 0 Å². The third-order valence-corrected chi connectivity index (χ3v) is 2.46. The molecule has 0 aromatic heterocycles. The monoisotopic (exact) mass is 295 g/mol. The third-order valence-electron chi connectivity index (χ3n) is 1.59. The Hall–Kier alpha value is -0.810. The summed E-state index contributed by atoms with van der Waals surface area (Å²) in [5.41, 5.74) is 0. The van der Waals surface area contributed by atoms with E-state index in [1.807, 2.05) is 0 Å². The molecular weight excluding hydrogens is 288 g/mol. The van der Waals surface area contributed by atoms with Gasteiger partial charge in [0.1, 0.15) is 5.82 Å². The van der Waals surface area contributed by atoms with Gasteiger partial charge in [0.25, 0.3) is 5.91 Å². The molecule has 0 fully saturated rings. The maximum absolute atomic E-state index is 12.8. The van der Waals surface area contributed by atoms with Crippen molar-refractivity contribution in [3.63, 3.8) is 0 Å². The first-order valence-corrected chi connectivity index (χ1v) is 5.19. The van der Waals surface area contributed by atoms with Gasteiger partial charge in [0, 0.05) is 7.05 Å². The fraction of sp³-hybridized carbons (Fsp3) is 0.222. The van der Waals surface area contributed by atoms with Crippen LogP contribution >= 0.6 is 27.5 Å². The molecule has 0 unspecified atom stereocenters. The van der Waals surface area contributed by atoms with Crippen LogP contribution in [0.3, 0.4) is 0 Å². The molecular formula is C9H8BrClFNO2. The average Bonchev–Trinajstić information content (AvgIpc) is 2.15. The normalized spacial score (nSPS) is 9.87. The van der Waals surface area contributed by atoms with E-state index in [2.05, 4.69) is 21.2 Å². The lowest BCUT2D eigenvalue weighted by atomic mass is 10.3. The number of carbonyl (C=O) groups is 1. The molecule has 0 aliphatic carbocycles. The molecule has 0 aliphatic rings. The van der Waals surface area contributed by atoms with E-state index in [9.17, 15) is 9.18 Å². The van der Waals surface area contributed by atoms with E-state index in [0.29, 0.717) is 4.47 Å².